The van der Waals surface area contributed by atoms with E-state index in [-0.39, 0.29) is 6.29 Å². The molecule has 0 saturated heterocycles. The van der Waals surface area contributed by atoms with Crippen molar-refractivity contribution in [1.82, 2.24) is 4.90 Å². The zero-order valence-electron chi connectivity index (χ0n) is 6.78. The van der Waals surface area contributed by atoms with Crippen molar-refractivity contribution in [2.24, 2.45) is 16.6 Å². The highest BCUT2D eigenvalue weighted by molar-refractivity contribution is 9.12. The first-order valence-corrected chi connectivity index (χ1v) is 4.97. The lowest BCUT2D eigenvalue weighted by molar-refractivity contribution is 0.276. The topological polar surface area (TPSA) is 41.6 Å². The molecular weight excluding hydrogens is 218 g/mol. The van der Waals surface area contributed by atoms with Gasteiger partial charge in [0.25, 0.3) is 0 Å². The van der Waals surface area contributed by atoms with Crippen LogP contribution >= 0.6 is 15.9 Å². The van der Waals surface area contributed by atoms with Crippen molar-refractivity contribution in [3.05, 3.63) is 10.7 Å². The van der Waals surface area contributed by atoms with Crippen LogP contribution in [0.25, 0.3) is 0 Å². The minimum atomic E-state index is -0.174. The molecule has 0 spiro atoms. The van der Waals surface area contributed by atoms with E-state index >= 15 is 0 Å². The molecule has 0 amide bonds. The smallest absolute Gasteiger partial charge is 0.173 e. The summed E-state index contributed by atoms with van der Waals surface area (Å²) in [5.41, 5.74) is 5.78. The van der Waals surface area contributed by atoms with Gasteiger partial charge in [-0.15, -0.1) is 0 Å². The van der Waals surface area contributed by atoms with Gasteiger partial charge in [0.15, 0.2) is 6.29 Å². The second-order valence-electron chi connectivity index (χ2n) is 3.35. The van der Waals surface area contributed by atoms with Crippen LogP contribution in [0.1, 0.15) is 12.8 Å². The first-order valence-electron chi connectivity index (χ1n) is 4.17. The van der Waals surface area contributed by atoms with E-state index in [4.69, 9.17) is 5.73 Å². The number of nitrogens with two attached hydrogens (primary N) is 1. The van der Waals surface area contributed by atoms with Crippen LogP contribution in [0.3, 0.4) is 0 Å². The van der Waals surface area contributed by atoms with Crippen molar-refractivity contribution in [3.63, 3.8) is 0 Å². The summed E-state index contributed by atoms with van der Waals surface area (Å²) >= 11 is 3.38. The fraction of sp³-hybridized carbons (Fsp3) is 0.625. The van der Waals surface area contributed by atoms with Gasteiger partial charge in [0, 0.05) is 19.0 Å². The number of halogens is 1. The van der Waals surface area contributed by atoms with Crippen molar-refractivity contribution in [1.29, 1.82) is 0 Å². The molecule has 1 aliphatic carbocycles. The molecule has 0 aromatic carbocycles. The molecule has 2 aliphatic rings. The molecule has 1 aliphatic heterocycles. The number of rotatable bonds is 2. The number of allylic oxidation sites excluding steroid dienone is 1. The Kier molecular flexibility index (Phi) is 2.19. The van der Waals surface area contributed by atoms with Crippen LogP contribution in [-0.4, -0.2) is 23.9 Å². The Bertz CT molecular complexity index is 232. The van der Waals surface area contributed by atoms with Crippen LogP contribution in [0.15, 0.2) is 15.7 Å². The molecule has 2 N–H and O–H groups in total. The Morgan fingerprint density at radius 3 is 3.08 bits per heavy atom. The minimum Gasteiger partial charge on any atom is -0.343 e. The minimum absolute atomic E-state index is 0.174. The van der Waals surface area contributed by atoms with E-state index in [2.05, 4.69) is 25.8 Å². The molecule has 1 fully saturated rings. The average Bonchev–Trinajstić information content (AvgIpc) is 2.81. The van der Waals surface area contributed by atoms with Gasteiger partial charge in [-0.05, 0) is 34.7 Å². The Hall–Kier alpha value is -0.350. The largest absolute Gasteiger partial charge is 0.343 e. The fourth-order valence-electron chi connectivity index (χ4n) is 1.26. The summed E-state index contributed by atoms with van der Waals surface area (Å²) in [4.78, 5) is 6.22. The summed E-state index contributed by atoms with van der Waals surface area (Å²) in [6, 6.07) is 0. The molecule has 12 heavy (non-hydrogen) atoms. The average molecular weight is 230 g/mol. The molecule has 0 radical (unpaired) electrons. The van der Waals surface area contributed by atoms with Gasteiger partial charge in [-0.3, -0.25) is 10.7 Å². The van der Waals surface area contributed by atoms with Crippen LogP contribution in [0, 0.1) is 5.92 Å². The van der Waals surface area contributed by atoms with E-state index in [1.807, 2.05) is 6.20 Å². The van der Waals surface area contributed by atoms with Crippen LogP contribution < -0.4 is 5.73 Å². The van der Waals surface area contributed by atoms with E-state index in [0.717, 1.165) is 16.9 Å². The van der Waals surface area contributed by atoms with Gasteiger partial charge in [-0.2, -0.15) is 0 Å². The van der Waals surface area contributed by atoms with Crippen molar-refractivity contribution < 1.29 is 0 Å². The van der Waals surface area contributed by atoms with Crippen molar-refractivity contribution in [3.8, 4) is 0 Å². The third kappa shape index (κ3) is 1.87. The molecule has 2 rings (SSSR count). The number of hydrogen-bond donors (Lipinski definition) is 1. The van der Waals surface area contributed by atoms with E-state index < -0.39 is 0 Å². The predicted molar refractivity (Wildman–Crippen MR) is 52.9 cm³/mol. The molecular formula is C8H12BrN3. The lowest BCUT2D eigenvalue weighted by Gasteiger charge is -2.27. The highest BCUT2D eigenvalue weighted by Gasteiger charge is 2.26. The Labute approximate surface area is 80.5 Å². The quantitative estimate of drug-likeness (QED) is 0.775. The van der Waals surface area contributed by atoms with Gasteiger partial charge >= 0.3 is 0 Å². The maximum atomic E-state index is 5.78. The van der Waals surface area contributed by atoms with E-state index in [9.17, 15) is 0 Å². The Morgan fingerprint density at radius 2 is 2.42 bits per heavy atom. The van der Waals surface area contributed by atoms with Crippen molar-refractivity contribution in [2.75, 3.05) is 6.54 Å². The number of aliphatic imine (C=N–C) groups is 1. The molecule has 1 unspecified atom stereocenters. The van der Waals surface area contributed by atoms with Crippen LogP contribution in [0.2, 0.25) is 0 Å². The van der Waals surface area contributed by atoms with Gasteiger partial charge in [0.1, 0.15) is 0 Å². The molecule has 0 bridgehead atoms. The first kappa shape index (κ1) is 8.26. The fourth-order valence-corrected chi connectivity index (χ4v) is 1.64. The maximum absolute atomic E-state index is 5.78. The zero-order chi connectivity index (χ0) is 8.55. The lowest BCUT2D eigenvalue weighted by atomic mass is 10.3. The summed E-state index contributed by atoms with van der Waals surface area (Å²) in [5, 5.41) is 0. The molecule has 4 heteroatoms. The van der Waals surface area contributed by atoms with Gasteiger partial charge < -0.3 is 4.90 Å². The van der Waals surface area contributed by atoms with Gasteiger partial charge in [0.2, 0.25) is 0 Å². The summed E-state index contributed by atoms with van der Waals surface area (Å²) < 4.78 is 1.00. The standard InChI is InChI=1S/C8H12BrN3/c9-7-3-11-8(10)12(5-7)4-6-1-2-6/h3,5-6,8H,1-2,4,10H2. The molecule has 0 aromatic rings. The molecule has 1 heterocycles. The number of hydrogen-bond acceptors (Lipinski definition) is 3. The second kappa shape index (κ2) is 3.18. The molecule has 0 aromatic heterocycles. The van der Waals surface area contributed by atoms with Gasteiger partial charge in [-0.25, -0.2) is 0 Å². The Morgan fingerprint density at radius 1 is 1.67 bits per heavy atom. The molecule has 1 atom stereocenters. The summed E-state index contributed by atoms with van der Waals surface area (Å²) in [5.74, 6) is 0.848. The predicted octanol–water partition coefficient (Wildman–Crippen LogP) is 1.26. The SMILES string of the molecule is NC1N=CC(Br)=CN1CC1CC1. The van der Waals surface area contributed by atoms with Crippen LogP contribution in [0.5, 0.6) is 0 Å². The molecule has 1 saturated carbocycles. The van der Waals surface area contributed by atoms with E-state index in [1.165, 1.54) is 12.8 Å². The molecule has 66 valence electrons. The molecule has 3 nitrogen and oxygen atoms in total. The monoisotopic (exact) mass is 229 g/mol. The van der Waals surface area contributed by atoms with Crippen LogP contribution in [0.4, 0.5) is 0 Å². The lowest BCUT2D eigenvalue weighted by Crippen LogP contribution is -2.39. The summed E-state index contributed by atoms with van der Waals surface area (Å²) in [7, 11) is 0. The maximum Gasteiger partial charge on any atom is 0.173 e. The third-order valence-electron chi connectivity index (χ3n) is 2.15. The van der Waals surface area contributed by atoms with Gasteiger partial charge in [-0.1, -0.05) is 0 Å². The van der Waals surface area contributed by atoms with Crippen LogP contribution in [-0.2, 0) is 0 Å². The second-order valence-corrected chi connectivity index (χ2v) is 4.26. The first-order chi connectivity index (χ1) is 5.75. The summed E-state index contributed by atoms with van der Waals surface area (Å²) in [6.07, 6.45) is 6.30. The normalized spacial score (nSPS) is 29.0. The van der Waals surface area contributed by atoms with Gasteiger partial charge in [0.05, 0.1) is 4.48 Å². The van der Waals surface area contributed by atoms with E-state index in [0.29, 0.717) is 0 Å². The summed E-state index contributed by atoms with van der Waals surface area (Å²) in [6.45, 7) is 1.05. The highest BCUT2D eigenvalue weighted by Crippen LogP contribution is 2.30. The highest BCUT2D eigenvalue weighted by atomic mass is 79.9. The number of nitrogens with zero attached hydrogens (tertiary/aromatic N) is 2. The van der Waals surface area contributed by atoms with Crippen molar-refractivity contribution >= 4 is 22.1 Å². The van der Waals surface area contributed by atoms with Crippen molar-refractivity contribution in [2.45, 2.75) is 19.1 Å². The Balaban J connectivity index is 1.98. The van der Waals surface area contributed by atoms with E-state index in [1.54, 1.807) is 6.21 Å². The third-order valence-corrected chi connectivity index (χ3v) is 2.55. The zero-order valence-corrected chi connectivity index (χ0v) is 8.37.